The second kappa shape index (κ2) is 5.96. The molecule has 2 atom stereocenters. The molecule has 2 N–H and O–H groups in total. The summed E-state index contributed by atoms with van der Waals surface area (Å²) < 4.78 is 0. The maximum atomic E-state index is 12.2. The minimum atomic E-state index is -0.183. The number of hydrogen-bond acceptors (Lipinski definition) is 2. The Morgan fingerprint density at radius 3 is 2.70 bits per heavy atom. The molecule has 0 saturated carbocycles. The molecule has 1 amide bonds. The number of carbonyl (C=O) groups is 1. The summed E-state index contributed by atoms with van der Waals surface area (Å²) in [6.45, 7) is 7.97. The maximum Gasteiger partial charge on any atom is 0.237 e. The van der Waals surface area contributed by atoms with Gasteiger partial charge in [0.05, 0.1) is 6.04 Å². The van der Waals surface area contributed by atoms with Gasteiger partial charge in [-0.15, -0.1) is 0 Å². The summed E-state index contributed by atoms with van der Waals surface area (Å²) in [5, 5.41) is 6.52. The molecule has 2 rings (SSSR count). The van der Waals surface area contributed by atoms with E-state index >= 15 is 0 Å². The Morgan fingerprint density at radius 1 is 1.30 bits per heavy atom. The molecule has 1 aliphatic carbocycles. The Labute approximate surface area is 122 Å². The van der Waals surface area contributed by atoms with Crippen LogP contribution in [0.5, 0.6) is 0 Å². The molecule has 0 radical (unpaired) electrons. The topological polar surface area (TPSA) is 41.1 Å². The molecule has 1 aliphatic rings. The average Bonchev–Trinajstić information content (AvgIpc) is 2.37. The first-order chi connectivity index (χ1) is 9.37. The zero-order chi connectivity index (χ0) is 14.8. The molecule has 0 bridgehead atoms. The molecular weight excluding hydrogens is 248 g/mol. The van der Waals surface area contributed by atoms with Crippen LogP contribution in [0.1, 0.15) is 57.7 Å². The molecule has 0 heterocycles. The molecule has 2 unspecified atom stereocenters. The minimum Gasteiger partial charge on any atom is -0.350 e. The van der Waals surface area contributed by atoms with Gasteiger partial charge in [-0.05, 0) is 58.1 Å². The first-order valence-electron chi connectivity index (χ1n) is 7.53. The van der Waals surface area contributed by atoms with Crippen LogP contribution >= 0.6 is 0 Å². The van der Waals surface area contributed by atoms with Gasteiger partial charge in [0.1, 0.15) is 0 Å². The van der Waals surface area contributed by atoms with Crippen molar-refractivity contribution in [2.24, 2.45) is 0 Å². The van der Waals surface area contributed by atoms with Gasteiger partial charge in [0.15, 0.2) is 0 Å². The van der Waals surface area contributed by atoms with Gasteiger partial charge in [0, 0.05) is 11.6 Å². The molecule has 110 valence electrons. The second-order valence-electron chi connectivity index (χ2n) is 6.77. The summed E-state index contributed by atoms with van der Waals surface area (Å²) in [5.41, 5.74) is 2.59. The second-order valence-corrected chi connectivity index (χ2v) is 6.77. The molecular formula is C17H26N2O. The normalized spacial score (nSPS) is 20.1. The molecule has 0 aromatic heterocycles. The lowest BCUT2D eigenvalue weighted by Gasteiger charge is -2.30. The van der Waals surface area contributed by atoms with Gasteiger partial charge in [0.2, 0.25) is 5.91 Å². The van der Waals surface area contributed by atoms with E-state index in [1.54, 1.807) is 0 Å². The van der Waals surface area contributed by atoms with Crippen molar-refractivity contribution in [2.45, 2.75) is 64.6 Å². The van der Waals surface area contributed by atoms with E-state index in [0.717, 1.165) is 12.8 Å². The van der Waals surface area contributed by atoms with Crippen LogP contribution in [0.25, 0.3) is 0 Å². The number of amides is 1. The largest absolute Gasteiger partial charge is 0.350 e. The van der Waals surface area contributed by atoms with E-state index in [4.69, 9.17) is 0 Å². The SMILES string of the molecule is CC(NC1CCCc2ccccc21)C(=O)NC(C)(C)C. The van der Waals surface area contributed by atoms with Gasteiger partial charge in [-0.25, -0.2) is 0 Å². The monoisotopic (exact) mass is 274 g/mol. The van der Waals surface area contributed by atoms with Gasteiger partial charge in [-0.1, -0.05) is 24.3 Å². The third-order valence-corrected chi connectivity index (χ3v) is 3.71. The van der Waals surface area contributed by atoms with Gasteiger partial charge in [-0.3, -0.25) is 10.1 Å². The van der Waals surface area contributed by atoms with Crippen molar-refractivity contribution in [3.05, 3.63) is 35.4 Å². The third kappa shape index (κ3) is 3.83. The highest BCUT2D eigenvalue weighted by atomic mass is 16.2. The predicted octanol–water partition coefficient (Wildman–Crippen LogP) is 2.96. The van der Waals surface area contributed by atoms with Crippen molar-refractivity contribution in [1.82, 2.24) is 10.6 Å². The number of rotatable bonds is 3. The Kier molecular flexibility index (Phi) is 4.48. The fraction of sp³-hybridized carbons (Fsp3) is 0.588. The summed E-state index contributed by atoms with van der Waals surface area (Å²) in [5.74, 6) is 0.0700. The number of aryl methyl sites for hydroxylation is 1. The van der Waals surface area contributed by atoms with Crippen LogP contribution in [0.3, 0.4) is 0 Å². The summed E-state index contributed by atoms with van der Waals surface area (Å²) in [6, 6.07) is 8.67. The lowest BCUT2D eigenvalue weighted by atomic mass is 9.87. The van der Waals surface area contributed by atoms with Crippen molar-refractivity contribution in [2.75, 3.05) is 0 Å². The van der Waals surface area contributed by atoms with E-state index in [1.807, 2.05) is 27.7 Å². The number of nitrogens with one attached hydrogen (secondary N) is 2. The fourth-order valence-electron chi connectivity index (χ4n) is 2.78. The molecule has 0 saturated heterocycles. The van der Waals surface area contributed by atoms with Crippen LogP contribution in [-0.2, 0) is 11.2 Å². The van der Waals surface area contributed by atoms with Gasteiger partial charge in [-0.2, -0.15) is 0 Å². The van der Waals surface area contributed by atoms with E-state index in [9.17, 15) is 4.79 Å². The zero-order valence-corrected chi connectivity index (χ0v) is 13.0. The number of fused-ring (bicyclic) bond motifs is 1. The Balaban J connectivity index is 2.02. The highest BCUT2D eigenvalue weighted by Gasteiger charge is 2.25. The standard InChI is InChI=1S/C17H26N2O/c1-12(16(20)19-17(2,3)4)18-15-11-7-9-13-8-5-6-10-14(13)15/h5-6,8,10,12,15,18H,7,9,11H2,1-4H3,(H,19,20). The van der Waals surface area contributed by atoms with Crippen molar-refractivity contribution < 1.29 is 4.79 Å². The average molecular weight is 274 g/mol. The highest BCUT2D eigenvalue weighted by Crippen LogP contribution is 2.29. The van der Waals surface area contributed by atoms with Crippen molar-refractivity contribution in [3.8, 4) is 0 Å². The van der Waals surface area contributed by atoms with Gasteiger partial charge in [0.25, 0.3) is 0 Å². The van der Waals surface area contributed by atoms with Crippen molar-refractivity contribution in [3.63, 3.8) is 0 Å². The first-order valence-corrected chi connectivity index (χ1v) is 7.53. The Hall–Kier alpha value is -1.35. The molecule has 0 fully saturated rings. The van der Waals surface area contributed by atoms with Crippen LogP contribution in [0.2, 0.25) is 0 Å². The molecule has 3 nitrogen and oxygen atoms in total. The summed E-state index contributed by atoms with van der Waals surface area (Å²) in [7, 11) is 0. The third-order valence-electron chi connectivity index (χ3n) is 3.71. The van der Waals surface area contributed by atoms with Crippen LogP contribution in [0.15, 0.2) is 24.3 Å². The summed E-state index contributed by atoms with van der Waals surface area (Å²) in [6.07, 6.45) is 3.43. The highest BCUT2D eigenvalue weighted by molar-refractivity contribution is 5.82. The minimum absolute atomic E-state index is 0.0700. The summed E-state index contributed by atoms with van der Waals surface area (Å²) in [4.78, 5) is 12.2. The van der Waals surface area contributed by atoms with Gasteiger partial charge < -0.3 is 5.32 Å². The van der Waals surface area contributed by atoms with Crippen LogP contribution in [-0.4, -0.2) is 17.5 Å². The smallest absolute Gasteiger partial charge is 0.237 e. The lowest BCUT2D eigenvalue weighted by Crippen LogP contribution is -2.50. The number of carbonyl (C=O) groups excluding carboxylic acids is 1. The van der Waals surface area contributed by atoms with E-state index in [2.05, 4.69) is 34.9 Å². The van der Waals surface area contributed by atoms with E-state index in [1.165, 1.54) is 17.5 Å². The molecule has 0 aliphatic heterocycles. The molecule has 3 heteroatoms. The van der Waals surface area contributed by atoms with Crippen molar-refractivity contribution >= 4 is 5.91 Å². The number of hydrogen-bond donors (Lipinski definition) is 2. The quantitative estimate of drug-likeness (QED) is 0.889. The zero-order valence-electron chi connectivity index (χ0n) is 13.0. The fourth-order valence-corrected chi connectivity index (χ4v) is 2.78. The molecule has 1 aromatic rings. The predicted molar refractivity (Wildman–Crippen MR) is 82.6 cm³/mol. The van der Waals surface area contributed by atoms with E-state index < -0.39 is 0 Å². The van der Waals surface area contributed by atoms with Crippen molar-refractivity contribution in [1.29, 1.82) is 0 Å². The number of benzene rings is 1. The van der Waals surface area contributed by atoms with Crippen LogP contribution in [0.4, 0.5) is 0 Å². The first kappa shape index (κ1) is 15.0. The van der Waals surface area contributed by atoms with Crippen LogP contribution in [0, 0.1) is 0 Å². The Bertz CT molecular complexity index is 476. The molecule has 20 heavy (non-hydrogen) atoms. The van der Waals surface area contributed by atoms with Gasteiger partial charge >= 0.3 is 0 Å². The lowest BCUT2D eigenvalue weighted by molar-refractivity contribution is -0.124. The van der Waals surface area contributed by atoms with E-state index in [-0.39, 0.29) is 17.5 Å². The maximum absolute atomic E-state index is 12.2. The molecule has 1 aromatic carbocycles. The van der Waals surface area contributed by atoms with E-state index in [0.29, 0.717) is 6.04 Å². The summed E-state index contributed by atoms with van der Waals surface area (Å²) >= 11 is 0. The molecule has 0 spiro atoms. The van der Waals surface area contributed by atoms with Crippen LogP contribution < -0.4 is 10.6 Å². The Morgan fingerprint density at radius 2 is 2.00 bits per heavy atom.